The molecule has 1 unspecified atom stereocenters. The van der Waals surface area contributed by atoms with Crippen LogP contribution in [0.15, 0.2) is 24.3 Å². The highest BCUT2D eigenvalue weighted by Gasteiger charge is 2.20. The Balaban J connectivity index is 2.01. The minimum absolute atomic E-state index is 0.350. The molecular weight excluding hydrogens is 198 g/mol. The molecule has 0 aliphatic carbocycles. The van der Waals surface area contributed by atoms with E-state index in [2.05, 4.69) is 18.7 Å². The molecule has 2 heteroatoms. The van der Waals surface area contributed by atoms with Gasteiger partial charge in [0.1, 0.15) is 5.75 Å². The van der Waals surface area contributed by atoms with Crippen LogP contribution in [0.4, 0.5) is 0 Å². The first-order valence-electron chi connectivity index (χ1n) is 6.20. The van der Waals surface area contributed by atoms with E-state index in [4.69, 9.17) is 0 Å². The summed E-state index contributed by atoms with van der Waals surface area (Å²) in [6.07, 6.45) is 2.62. The fourth-order valence-electron chi connectivity index (χ4n) is 2.38. The Morgan fingerprint density at radius 2 is 1.75 bits per heavy atom. The van der Waals surface area contributed by atoms with Gasteiger partial charge in [-0.2, -0.15) is 0 Å². The molecule has 0 bridgehead atoms. The van der Waals surface area contributed by atoms with Crippen molar-refractivity contribution in [2.75, 3.05) is 13.1 Å². The van der Waals surface area contributed by atoms with Gasteiger partial charge < -0.3 is 5.11 Å². The van der Waals surface area contributed by atoms with E-state index in [1.807, 2.05) is 12.1 Å². The van der Waals surface area contributed by atoms with Crippen LogP contribution in [0.25, 0.3) is 0 Å². The number of hydrogen-bond acceptors (Lipinski definition) is 2. The number of phenols is 1. The minimum atomic E-state index is 0.350. The molecule has 1 aromatic carbocycles. The first-order valence-corrected chi connectivity index (χ1v) is 6.20. The molecule has 0 saturated carbocycles. The Morgan fingerprint density at radius 1 is 1.19 bits per heavy atom. The van der Waals surface area contributed by atoms with E-state index in [-0.39, 0.29) is 0 Å². The van der Waals surface area contributed by atoms with Gasteiger partial charge in [-0.25, -0.2) is 0 Å². The molecule has 2 rings (SSSR count). The van der Waals surface area contributed by atoms with E-state index >= 15 is 0 Å². The smallest absolute Gasteiger partial charge is 0.115 e. The first kappa shape index (κ1) is 11.5. The van der Waals surface area contributed by atoms with Gasteiger partial charge in [-0.1, -0.05) is 19.1 Å². The lowest BCUT2D eigenvalue weighted by Gasteiger charge is -2.35. The van der Waals surface area contributed by atoms with Crippen LogP contribution in [-0.4, -0.2) is 23.1 Å². The van der Waals surface area contributed by atoms with Crippen molar-refractivity contribution in [3.63, 3.8) is 0 Å². The van der Waals surface area contributed by atoms with Crippen LogP contribution < -0.4 is 0 Å². The zero-order valence-corrected chi connectivity index (χ0v) is 10.2. The SMILES string of the molecule is CC1CCN(C(C)c2ccc(O)cc2)CC1. The topological polar surface area (TPSA) is 23.5 Å². The monoisotopic (exact) mass is 219 g/mol. The number of nitrogens with zero attached hydrogens (tertiary/aromatic N) is 1. The van der Waals surface area contributed by atoms with E-state index in [0.717, 1.165) is 5.92 Å². The number of rotatable bonds is 2. The molecule has 1 atom stereocenters. The summed E-state index contributed by atoms with van der Waals surface area (Å²) in [4.78, 5) is 2.53. The van der Waals surface area contributed by atoms with Crippen LogP contribution in [-0.2, 0) is 0 Å². The summed E-state index contributed by atoms with van der Waals surface area (Å²) in [5.74, 6) is 1.23. The van der Waals surface area contributed by atoms with Gasteiger partial charge in [0, 0.05) is 6.04 Å². The Kier molecular flexibility index (Phi) is 3.49. The predicted octanol–water partition coefficient (Wildman–Crippen LogP) is 3.19. The molecule has 2 nitrogen and oxygen atoms in total. The average molecular weight is 219 g/mol. The average Bonchev–Trinajstić information content (AvgIpc) is 2.30. The van der Waals surface area contributed by atoms with E-state index in [0.29, 0.717) is 11.8 Å². The molecule has 1 aliphatic heterocycles. The van der Waals surface area contributed by atoms with Gasteiger partial charge >= 0.3 is 0 Å². The quantitative estimate of drug-likeness (QED) is 0.825. The van der Waals surface area contributed by atoms with Crippen molar-refractivity contribution in [2.45, 2.75) is 32.7 Å². The molecule has 1 N–H and O–H groups in total. The number of hydrogen-bond donors (Lipinski definition) is 1. The molecular formula is C14H21NO. The number of aromatic hydroxyl groups is 1. The molecule has 0 spiro atoms. The molecule has 0 radical (unpaired) electrons. The highest BCUT2D eigenvalue weighted by Crippen LogP contribution is 2.27. The van der Waals surface area contributed by atoms with E-state index in [9.17, 15) is 5.11 Å². The fourth-order valence-corrected chi connectivity index (χ4v) is 2.38. The Morgan fingerprint density at radius 3 is 2.31 bits per heavy atom. The molecule has 1 heterocycles. The van der Waals surface area contributed by atoms with Crippen LogP contribution in [0.3, 0.4) is 0 Å². The third-order valence-electron chi connectivity index (χ3n) is 3.74. The maximum absolute atomic E-state index is 9.27. The number of benzene rings is 1. The Hall–Kier alpha value is -1.02. The molecule has 88 valence electrons. The van der Waals surface area contributed by atoms with Crippen LogP contribution in [0.5, 0.6) is 5.75 Å². The van der Waals surface area contributed by atoms with Gasteiger partial charge in [0.15, 0.2) is 0 Å². The second-order valence-electron chi connectivity index (χ2n) is 4.99. The van der Waals surface area contributed by atoms with Crippen molar-refractivity contribution in [1.82, 2.24) is 4.90 Å². The molecule has 1 saturated heterocycles. The summed E-state index contributed by atoms with van der Waals surface area (Å²) < 4.78 is 0. The fraction of sp³-hybridized carbons (Fsp3) is 0.571. The van der Waals surface area contributed by atoms with Crippen molar-refractivity contribution < 1.29 is 5.11 Å². The zero-order valence-electron chi connectivity index (χ0n) is 10.2. The molecule has 0 aromatic heterocycles. The van der Waals surface area contributed by atoms with Crippen LogP contribution >= 0.6 is 0 Å². The lowest BCUT2D eigenvalue weighted by molar-refractivity contribution is 0.147. The van der Waals surface area contributed by atoms with E-state index in [1.165, 1.54) is 31.5 Å². The van der Waals surface area contributed by atoms with E-state index in [1.54, 1.807) is 12.1 Å². The maximum Gasteiger partial charge on any atom is 0.115 e. The van der Waals surface area contributed by atoms with Gasteiger partial charge in [-0.05, 0) is 56.5 Å². The summed E-state index contributed by atoms with van der Waals surface area (Å²) in [7, 11) is 0. The van der Waals surface area contributed by atoms with Gasteiger partial charge in [-0.15, -0.1) is 0 Å². The number of likely N-dealkylation sites (tertiary alicyclic amines) is 1. The molecule has 1 aromatic rings. The second kappa shape index (κ2) is 4.88. The minimum Gasteiger partial charge on any atom is -0.508 e. The van der Waals surface area contributed by atoms with Crippen molar-refractivity contribution >= 4 is 0 Å². The Labute approximate surface area is 97.9 Å². The third-order valence-corrected chi connectivity index (χ3v) is 3.74. The zero-order chi connectivity index (χ0) is 11.5. The van der Waals surface area contributed by atoms with Crippen LogP contribution in [0.2, 0.25) is 0 Å². The molecule has 1 aliphatic rings. The summed E-state index contributed by atoms with van der Waals surface area (Å²) in [5.41, 5.74) is 1.30. The van der Waals surface area contributed by atoms with Gasteiger partial charge in [0.2, 0.25) is 0 Å². The van der Waals surface area contributed by atoms with Crippen molar-refractivity contribution in [1.29, 1.82) is 0 Å². The lowest BCUT2D eigenvalue weighted by atomic mass is 9.96. The summed E-state index contributed by atoms with van der Waals surface area (Å²) >= 11 is 0. The summed E-state index contributed by atoms with van der Waals surface area (Å²) in [6, 6.07) is 8.07. The van der Waals surface area contributed by atoms with Gasteiger partial charge in [0.25, 0.3) is 0 Å². The predicted molar refractivity (Wildman–Crippen MR) is 66.5 cm³/mol. The second-order valence-corrected chi connectivity index (χ2v) is 4.99. The van der Waals surface area contributed by atoms with Crippen LogP contribution in [0, 0.1) is 5.92 Å². The number of piperidine rings is 1. The largest absolute Gasteiger partial charge is 0.508 e. The highest BCUT2D eigenvalue weighted by molar-refractivity contribution is 5.27. The van der Waals surface area contributed by atoms with Crippen molar-refractivity contribution in [3.05, 3.63) is 29.8 Å². The first-order chi connectivity index (χ1) is 7.66. The van der Waals surface area contributed by atoms with Crippen LogP contribution in [0.1, 0.15) is 38.3 Å². The van der Waals surface area contributed by atoms with E-state index < -0.39 is 0 Å². The highest BCUT2D eigenvalue weighted by atomic mass is 16.3. The van der Waals surface area contributed by atoms with Crippen molar-refractivity contribution in [3.8, 4) is 5.75 Å². The van der Waals surface area contributed by atoms with Crippen molar-refractivity contribution in [2.24, 2.45) is 5.92 Å². The molecule has 1 fully saturated rings. The maximum atomic E-state index is 9.27. The summed E-state index contributed by atoms with van der Waals surface area (Å²) in [5, 5.41) is 9.27. The molecule has 0 amide bonds. The third kappa shape index (κ3) is 2.56. The summed E-state index contributed by atoms with van der Waals surface area (Å²) in [6.45, 7) is 6.98. The molecule has 16 heavy (non-hydrogen) atoms. The standard InChI is InChI=1S/C14H21NO/c1-11-7-9-15(10-8-11)12(2)13-3-5-14(16)6-4-13/h3-6,11-12,16H,7-10H2,1-2H3. The van der Waals surface area contributed by atoms with Gasteiger partial charge in [0.05, 0.1) is 0 Å². The normalized spacial score (nSPS) is 20.9. The lowest BCUT2D eigenvalue weighted by Crippen LogP contribution is -2.34. The van der Waals surface area contributed by atoms with Gasteiger partial charge in [-0.3, -0.25) is 4.90 Å². The number of phenolic OH excluding ortho intramolecular Hbond substituents is 1. The Bertz CT molecular complexity index is 325.